The summed E-state index contributed by atoms with van der Waals surface area (Å²) in [5.41, 5.74) is 15.9. The zero-order valence-corrected chi connectivity index (χ0v) is 32.7. The number of fused-ring (bicyclic) bond motifs is 7. The molecule has 1 nitrogen and oxygen atoms in total. The average Bonchev–Trinajstić information content (AvgIpc) is 3.76. The summed E-state index contributed by atoms with van der Waals surface area (Å²) in [5, 5.41) is 5.08. The van der Waals surface area contributed by atoms with Crippen LogP contribution in [0.5, 0.6) is 0 Å². The SMILES string of the molecule is CC1(C)c2ccccc2-c2ccc(N(c3cccc(-c4cccc5ccccc45)c3)c3ccc4sc5ccccc5c4c3-c3cccc(-c4ccccc4)c3)cc21. The van der Waals surface area contributed by atoms with Crippen LogP contribution in [0.2, 0.25) is 0 Å². The van der Waals surface area contributed by atoms with Gasteiger partial charge in [0.1, 0.15) is 0 Å². The molecule has 10 aromatic rings. The summed E-state index contributed by atoms with van der Waals surface area (Å²) in [6, 6.07) is 74.0. The van der Waals surface area contributed by atoms with Crippen LogP contribution in [0, 0.1) is 0 Å². The largest absolute Gasteiger partial charge is 0.310 e. The van der Waals surface area contributed by atoms with Gasteiger partial charge >= 0.3 is 0 Å². The van der Waals surface area contributed by atoms with Gasteiger partial charge in [-0.1, -0.05) is 166 Å². The average molecular weight is 746 g/mol. The van der Waals surface area contributed by atoms with E-state index in [0.717, 1.165) is 17.1 Å². The molecule has 0 saturated carbocycles. The summed E-state index contributed by atoms with van der Waals surface area (Å²) in [6.45, 7) is 4.74. The van der Waals surface area contributed by atoms with Gasteiger partial charge in [-0.25, -0.2) is 0 Å². The highest BCUT2D eigenvalue weighted by Gasteiger charge is 2.36. The van der Waals surface area contributed by atoms with E-state index in [9.17, 15) is 0 Å². The molecule has 1 aliphatic carbocycles. The lowest BCUT2D eigenvalue weighted by Crippen LogP contribution is -2.17. The second-order valence-electron chi connectivity index (χ2n) is 15.7. The molecule has 0 atom stereocenters. The Morgan fingerprint density at radius 3 is 1.96 bits per heavy atom. The maximum Gasteiger partial charge on any atom is 0.0547 e. The lowest BCUT2D eigenvalue weighted by Gasteiger charge is -2.30. The Balaban J connectivity index is 1.21. The van der Waals surface area contributed by atoms with Crippen molar-refractivity contribution in [3.05, 3.63) is 211 Å². The van der Waals surface area contributed by atoms with Crippen LogP contribution in [-0.4, -0.2) is 0 Å². The van der Waals surface area contributed by atoms with E-state index in [1.54, 1.807) is 0 Å². The van der Waals surface area contributed by atoms with E-state index in [1.807, 2.05) is 11.3 Å². The van der Waals surface area contributed by atoms with Crippen LogP contribution < -0.4 is 4.90 Å². The fraction of sp³-hybridized carbons (Fsp3) is 0.0545. The molecule has 0 amide bonds. The summed E-state index contributed by atoms with van der Waals surface area (Å²) >= 11 is 1.87. The van der Waals surface area contributed by atoms with Crippen LogP contribution in [0.15, 0.2) is 200 Å². The Kier molecular flexibility index (Phi) is 7.77. The monoisotopic (exact) mass is 745 g/mol. The molecule has 57 heavy (non-hydrogen) atoms. The first-order valence-corrected chi connectivity index (χ1v) is 20.6. The highest BCUT2D eigenvalue weighted by atomic mass is 32.1. The number of benzene rings is 9. The Morgan fingerprint density at radius 1 is 0.404 bits per heavy atom. The Hall–Kier alpha value is -6.74. The first-order chi connectivity index (χ1) is 28.0. The molecule has 270 valence electrons. The predicted octanol–water partition coefficient (Wildman–Crippen LogP) is 16.0. The van der Waals surface area contributed by atoms with E-state index in [2.05, 4.69) is 219 Å². The number of rotatable bonds is 6. The van der Waals surface area contributed by atoms with E-state index < -0.39 is 0 Å². The van der Waals surface area contributed by atoms with Crippen molar-refractivity contribution in [3.63, 3.8) is 0 Å². The third-order valence-electron chi connectivity index (χ3n) is 12.1. The van der Waals surface area contributed by atoms with Gasteiger partial charge in [0.25, 0.3) is 0 Å². The molecule has 1 heterocycles. The van der Waals surface area contributed by atoms with Crippen molar-refractivity contribution in [1.29, 1.82) is 0 Å². The predicted molar refractivity (Wildman–Crippen MR) is 245 cm³/mol. The van der Waals surface area contributed by atoms with Crippen LogP contribution in [0.3, 0.4) is 0 Å². The van der Waals surface area contributed by atoms with Gasteiger partial charge in [0, 0.05) is 42.5 Å². The fourth-order valence-electron chi connectivity index (χ4n) is 9.32. The number of thiophene rings is 1. The quantitative estimate of drug-likeness (QED) is 0.164. The zero-order chi connectivity index (χ0) is 38.1. The topological polar surface area (TPSA) is 3.24 Å². The molecule has 0 saturated heterocycles. The first-order valence-electron chi connectivity index (χ1n) is 19.8. The molecule has 1 aliphatic rings. The molecule has 0 unspecified atom stereocenters. The minimum absolute atomic E-state index is 0.140. The minimum atomic E-state index is -0.140. The molecule has 11 rings (SSSR count). The van der Waals surface area contributed by atoms with Gasteiger partial charge in [0.2, 0.25) is 0 Å². The summed E-state index contributed by atoms with van der Waals surface area (Å²) in [5.74, 6) is 0. The van der Waals surface area contributed by atoms with Crippen molar-refractivity contribution < 1.29 is 0 Å². The van der Waals surface area contributed by atoms with Gasteiger partial charge in [-0.15, -0.1) is 11.3 Å². The van der Waals surface area contributed by atoms with Gasteiger partial charge in [-0.3, -0.25) is 0 Å². The van der Waals surface area contributed by atoms with Gasteiger partial charge in [-0.2, -0.15) is 0 Å². The standard InChI is InChI=1S/C55H39NS/c1-55(2)48-27-10-8-24-45(48)46-30-29-42(35-49(46)55)56(41-22-13-20-39(34-41)44-26-14-18-37-17-6-7-23-43(37)44)50-31-32-52-54(47-25-9-11-28-51(47)57-52)53(50)40-21-12-19-38(33-40)36-15-4-3-5-16-36/h3-35H,1-2H3. The van der Waals surface area contributed by atoms with Crippen molar-refractivity contribution in [2.24, 2.45) is 0 Å². The van der Waals surface area contributed by atoms with Crippen LogP contribution in [-0.2, 0) is 5.41 Å². The normalized spacial score (nSPS) is 12.9. The van der Waals surface area contributed by atoms with Crippen molar-refractivity contribution in [3.8, 4) is 44.5 Å². The minimum Gasteiger partial charge on any atom is -0.310 e. The van der Waals surface area contributed by atoms with E-state index >= 15 is 0 Å². The first kappa shape index (κ1) is 33.6. The molecule has 0 N–H and O–H groups in total. The van der Waals surface area contributed by atoms with E-state index in [1.165, 1.54) is 86.6 Å². The molecular formula is C55H39NS. The van der Waals surface area contributed by atoms with E-state index in [4.69, 9.17) is 0 Å². The van der Waals surface area contributed by atoms with Crippen molar-refractivity contribution in [2.45, 2.75) is 19.3 Å². The van der Waals surface area contributed by atoms with Crippen molar-refractivity contribution in [2.75, 3.05) is 4.90 Å². The van der Waals surface area contributed by atoms with Gasteiger partial charge in [0.15, 0.2) is 0 Å². The Labute approximate surface area is 337 Å². The van der Waals surface area contributed by atoms with Gasteiger partial charge in [-0.05, 0) is 109 Å². The molecule has 2 heteroatoms. The summed E-state index contributed by atoms with van der Waals surface area (Å²) in [4.78, 5) is 2.52. The van der Waals surface area contributed by atoms with E-state index in [-0.39, 0.29) is 5.41 Å². The molecule has 0 bridgehead atoms. The maximum atomic E-state index is 2.52. The third-order valence-corrected chi connectivity index (χ3v) is 13.2. The smallest absolute Gasteiger partial charge is 0.0547 e. The van der Waals surface area contributed by atoms with Crippen LogP contribution in [0.1, 0.15) is 25.0 Å². The van der Waals surface area contributed by atoms with Gasteiger partial charge < -0.3 is 4.90 Å². The fourth-order valence-corrected chi connectivity index (χ4v) is 10.4. The Bertz CT molecular complexity index is 3160. The molecule has 1 aromatic heterocycles. The van der Waals surface area contributed by atoms with Crippen molar-refractivity contribution >= 4 is 59.3 Å². The second kappa shape index (κ2) is 13.2. The second-order valence-corrected chi connectivity index (χ2v) is 16.8. The van der Waals surface area contributed by atoms with Crippen LogP contribution >= 0.6 is 11.3 Å². The Morgan fingerprint density at radius 2 is 1.05 bits per heavy atom. The molecular weight excluding hydrogens is 707 g/mol. The summed E-state index contributed by atoms with van der Waals surface area (Å²) in [7, 11) is 0. The third kappa shape index (κ3) is 5.44. The highest BCUT2D eigenvalue weighted by molar-refractivity contribution is 7.26. The molecule has 0 radical (unpaired) electrons. The maximum absolute atomic E-state index is 2.52. The molecule has 0 fully saturated rings. The number of anilines is 3. The number of hydrogen-bond donors (Lipinski definition) is 0. The summed E-state index contributed by atoms with van der Waals surface area (Å²) < 4.78 is 2.58. The molecule has 9 aromatic carbocycles. The van der Waals surface area contributed by atoms with E-state index in [0.29, 0.717) is 0 Å². The zero-order valence-electron chi connectivity index (χ0n) is 31.9. The van der Waals surface area contributed by atoms with Crippen LogP contribution in [0.25, 0.3) is 75.5 Å². The van der Waals surface area contributed by atoms with Gasteiger partial charge in [0.05, 0.1) is 5.69 Å². The van der Waals surface area contributed by atoms with Crippen molar-refractivity contribution in [1.82, 2.24) is 0 Å². The lowest BCUT2D eigenvalue weighted by atomic mass is 9.82. The molecule has 0 spiro atoms. The highest BCUT2D eigenvalue weighted by Crippen LogP contribution is 2.53. The van der Waals surface area contributed by atoms with Crippen LogP contribution in [0.4, 0.5) is 17.1 Å². The lowest BCUT2D eigenvalue weighted by molar-refractivity contribution is 0.660. The number of nitrogens with zero attached hydrogens (tertiary/aromatic N) is 1. The molecule has 0 aliphatic heterocycles. The number of hydrogen-bond acceptors (Lipinski definition) is 2. The summed E-state index contributed by atoms with van der Waals surface area (Å²) in [6.07, 6.45) is 0.